The molecule has 1 fully saturated rings. The van der Waals surface area contributed by atoms with Crippen molar-refractivity contribution in [3.63, 3.8) is 0 Å². The third kappa shape index (κ3) is 2.31. The largest absolute Gasteiger partial charge is 0.496 e. The van der Waals surface area contributed by atoms with Gasteiger partial charge in [-0.3, -0.25) is 4.90 Å². The molecule has 2 rings (SSSR count). The van der Waals surface area contributed by atoms with E-state index < -0.39 is 6.09 Å². The fourth-order valence-electron chi connectivity index (χ4n) is 2.19. The molecule has 6 heteroatoms. The molecule has 1 aromatic rings. The molecule has 19 heavy (non-hydrogen) atoms. The fraction of sp³-hybridized carbons (Fsp3) is 0.462. The molecule has 1 atom stereocenters. The van der Waals surface area contributed by atoms with Gasteiger partial charge in [-0.1, -0.05) is 0 Å². The standard InChI is InChI=1S/C13H18N2O4/c1-8-11(17-2)5-4-10(12(8)18-3)15-7-9(6-14)19-13(15)16/h4-5,9H,6-7,14H2,1-3H3. The minimum absolute atomic E-state index is 0.278. The summed E-state index contributed by atoms with van der Waals surface area (Å²) in [6, 6.07) is 3.58. The first kappa shape index (κ1) is 13.5. The Morgan fingerprint density at radius 3 is 2.68 bits per heavy atom. The van der Waals surface area contributed by atoms with Crippen LogP contribution in [0.1, 0.15) is 5.56 Å². The second-order valence-corrected chi connectivity index (χ2v) is 4.30. The van der Waals surface area contributed by atoms with Gasteiger partial charge in [-0.2, -0.15) is 0 Å². The van der Waals surface area contributed by atoms with Gasteiger partial charge < -0.3 is 19.9 Å². The Kier molecular flexibility index (Phi) is 3.80. The van der Waals surface area contributed by atoms with Gasteiger partial charge in [0.1, 0.15) is 17.6 Å². The Morgan fingerprint density at radius 1 is 1.42 bits per heavy atom. The number of carbonyl (C=O) groups excluding carboxylic acids is 1. The quantitative estimate of drug-likeness (QED) is 0.889. The molecule has 1 aromatic carbocycles. The molecular weight excluding hydrogens is 248 g/mol. The van der Waals surface area contributed by atoms with Crippen LogP contribution >= 0.6 is 0 Å². The fourth-order valence-corrected chi connectivity index (χ4v) is 2.19. The van der Waals surface area contributed by atoms with Gasteiger partial charge in [-0.05, 0) is 19.1 Å². The molecule has 1 aliphatic heterocycles. The number of methoxy groups -OCH3 is 2. The minimum Gasteiger partial charge on any atom is -0.496 e. The van der Waals surface area contributed by atoms with Crippen LogP contribution in [0.4, 0.5) is 10.5 Å². The molecule has 1 aliphatic rings. The zero-order chi connectivity index (χ0) is 14.0. The summed E-state index contributed by atoms with van der Waals surface area (Å²) in [5.74, 6) is 1.32. The van der Waals surface area contributed by atoms with Crippen molar-refractivity contribution in [1.29, 1.82) is 0 Å². The van der Waals surface area contributed by atoms with Crippen molar-refractivity contribution in [2.45, 2.75) is 13.0 Å². The minimum atomic E-state index is -0.404. The molecule has 0 radical (unpaired) electrons. The SMILES string of the molecule is COc1ccc(N2CC(CN)OC2=O)c(OC)c1C. The number of nitrogens with two attached hydrogens (primary N) is 1. The second-order valence-electron chi connectivity index (χ2n) is 4.30. The Bertz CT molecular complexity index is 490. The van der Waals surface area contributed by atoms with Crippen molar-refractivity contribution < 1.29 is 19.0 Å². The highest BCUT2D eigenvalue weighted by Gasteiger charge is 2.33. The summed E-state index contributed by atoms with van der Waals surface area (Å²) in [4.78, 5) is 13.4. The lowest BCUT2D eigenvalue weighted by Gasteiger charge is -2.19. The van der Waals surface area contributed by atoms with Crippen molar-refractivity contribution in [1.82, 2.24) is 0 Å². The number of hydrogen-bond acceptors (Lipinski definition) is 5. The topological polar surface area (TPSA) is 74.0 Å². The summed E-state index contributed by atoms with van der Waals surface area (Å²) in [6.07, 6.45) is -0.682. The summed E-state index contributed by atoms with van der Waals surface area (Å²) in [7, 11) is 3.16. The lowest BCUT2D eigenvalue weighted by Crippen LogP contribution is -2.27. The normalized spacial score (nSPS) is 18.4. The van der Waals surface area contributed by atoms with Crippen molar-refractivity contribution in [3.8, 4) is 11.5 Å². The summed E-state index contributed by atoms with van der Waals surface area (Å²) >= 11 is 0. The van der Waals surface area contributed by atoms with E-state index in [9.17, 15) is 4.79 Å². The van der Waals surface area contributed by atoms with E-state index in [2.05, 4.69) is 0 Å². The van der Waals surface area contributed by atoms with Gasteiger partial charge in [0, 0.05) is 12.1 Å². The molecule has 1 heterocycles. The molecule has 2 N–H and O–H groups in total. The Hall–Kier alpha value is -1.95. The van der Waals surface area contributed by atoms with Crippen LogP contribution in [0, 0.1) is 6.92 Å². The number of ether oxygens (including phenoxy) is 3. The molecule has 104 valence electrons. The number of rotatable bonds is 4. The van der Waals surface area contributed by atoms with Crippen LogP contribution in [0.15, 0.2) is 12.1 Å². The number of hydrogen-bond donors (Lipinski definition) is 1. The number of amides is 1. The lowest BCUT2D eigenvalue weighted by atomic mass is 10.1. The van der Waals surface area contributed by atoms with Gasteiger partial charge in [-0.15, -0.1) is 0 Å². The highest BCUT2D eigenvalue weighted by Crippen LogP contribution is 2.38. The molecule has 1 unspecified atom stereocenters. The van der Waals surface area contributed by atoms with Gasteiger partial charge in [0.05, 0.1) is 26.5 Å². The third-order valence-electron chi connectivity index (χ3n) is 3.19. The number of carbonyl (C=O) groups is 1. The van der Waals surface area contributed by atoms with Crippen molar-refractivity contribution >= 4 is 11.8 Å². The first-order valence-electron chi connectivity index (χ1n) is 6.02. The monoisotopic (exact) mass is 266 g/mol. The van der Waals surface area contributed by atoms with Crippen molar-refractivity contribution in [2.24, 2.45) is 5.73 Å². The van der Waals surface area contributed by atoms with E-state index in [1.807, 2.05) is 6.92 Å². The van der Waals surface area contributed by atoms with E-state index in [1.165, 1.54) is 4.90 Å². The summed E-state index contributed by atoms with van der Waals surface area (Å²) < 4.78 is 15.8. The molecule has 6 nitrogen and oxygen atoms in total. The number of cyclic esters (lactones) is 1. The zero-order valence-corrected chi connectivity index (χ0v) is 11.3. The zero-order valence-electron chi connectivity index (χ0n) is 11.3. The molecule has 0 saturated carbocycles. The van der Waals surface area contributed by atoms with Crippen LogP contribution < -0.4 is 20.1 Å². The Labute approximate surface area is 112 Å². The molecule has 0 bridgehead atoms. The summed E-state index contributed by atoms with van der Waals surface area (Å²) in [6.45, 7) is 2.61. The van der Waals surface area contributed by atoms with E-state index in [4.69, 9.17) is 19.9 Å². The summed E-state index contributed by atoms with van der Waals surface area (Å²) in [5, 5.41) is 0. The van der Waals surface area contributed by atoms with E-state index in [0.717, 1.165) is 5.56 Å². The first-order chi connectivity index (χ1) is 9.12. The van der Waals surface area contributed by atoms with Crippen molar-refractivity contribution in [2.75, 3.05) is 32.2 Å². The average molecular weight is 266 g/mol. The predicted octanol–water partition coefficient (Wildman–Crippen LogP) is 1.30. The van der Waals surface area contributed by atoms with Crippen LogP contribution in [0.5, 0.6) is 11.5 Å². The second kappa shape index (κ2) is 5.36. The first-order valence-corrected chi connectivity index (χ1v) is 6.02. The van der Waals surface area contributed by atoms with Gasteiger partial charge in [-0.25, -0.2) is 4.79 Å². The van der Waals surface area contributed by atoms with E-state index >= 15 is 0 Å². The molecule has 0 spiro atoms. The van der Waals surface area contributed by atoms with Gasteiger partial charge in [0.25, 0.3) is 0 Å². The molecule has 1 saturated heterocycles. The van der Waals surface area contributed by atoms with Crippen LogP contribution in [0.2, 0.25) is 0 Å². The number of anilines is 1. The Morgan fingerprint density at radius 2 is 2.16 bits per heavy atom. The van der Waals surface area contributed by atoms with Crippen LogP contribution in [0.3, 0.4) is 0 Å². The van der Waals surface area contributed by atoms with Crippen LogP contribution in [-0.4, -0.2) is 39.5 Å². The lowest BCUT2D eigenvalue weighted by molar-refractivity contribution is 0.145. The van der Waals surface area contributed by atoms with Crippen LogP contribution in [-0.2, 0) is 4.74 Å². The smallest absolute Gasteiger partial charge is 0.414 e. The van der Waals surface area contributed by atoms with Gasteiger partial charge >= 0.3 is 6.09 Å². The maximum Gasteiger partial charge on any atom is 0.414 e. The third-order valence-corrected chi connectivity index (χ3v) is 3.19. The van der Waals surface area contributed by atoms with E-state index in [1.54, 1.807) is 26.4 Å². The molecule has 0 aromatic heterocycles. The maximum atomic E-state index is 11.8. The number of nitrogens with zero attached hydrogens (tertiary/aromatic N) is 1. The number of benzene rings is 1. The van der Waals surface area contributed by atoms with Crippen molar-refractivity contribution in [3.05, 3.63) is 17.7 Å². The van der Waals surface area contributed by atoms with Crippen LogP contribution in [0.25, 0.3) is 0 Å². The molecule has 1 amide bonds. The average Bonchev–Trinajstić information content (AvgIpc) is 2.79. The summed E-state index contributed by atoms with van der Waals surface area (Å²) in [5.41, 5.74) is 7.03. The molecular formula is C13H18N2O4. The maximum absolute atomic E-state index is 11.8. The van der Waals surface area contributed by atoms with Gasteiger partial charge in [0.15, 0.2) is 0 Å². The highest BCUT2D eigenvalue weighted by atomic mass is 16.6. The Balaban J connectivity index is 2.40. The van der Waals surface area contributed by atoms with E-state index in [0.29, 0.717) is 30.3 Å². The van der Waals surface area contributed by atoms with Gasteiger partial charge in [0.2, 0.25) is 0 Å². The highest BCUT2D eigenvalue weighted by molar-refractivity contribution is 5.92. The predicted molar refractivity (Wildman–Crippen MR) is 71.0 cm³/mol. The molecule has 0 aliphatic carbocycles. The van der Waals surface area contributed by atoms with E-state index in [-0.39, 0.29) is 6.10 Å².